The first-order chi connectivity index (χ1) is 14.5. The first kappa shape index (κ1) is 27.3. The van der Waals surface area contributed by atoms with Crippen molar-refractivity contribution >= 4 is 27.3 Å². The molecule has 32 heavy (non-hydrogen) atoms. The zero-order chi connectivity index (χ0) is 22.9. The maximum atomic E-state index is 12.1. The topological polar surface area (TPSA) is 185 Å². The number of aryl methyl sites for hydroxylation is 1. The standard InChI is InChI=1S/C18H20NO11S.K/c1-8-5-14(21)28-12-6-10(3-4-11(8)12)30-31(25,26)27-7-13-16(22)17(23)15(18(24)29-13)19-9(2)20;/h3-6,13,15-18,22-23H,7H2,1-2H3,(H,19,20);/q-1;+1/t13-,15-,16+,17-,18-;/m1./s1. The van der Waals surface area contributed by atoms with E-state index in [0.717, 1.165) is 6.92 Å². The molecular formula is C18H20KNO11S. The van der Waals surface area contributed by atoms with Gasteiger partial charge in [0.2, 0.25) is 5.91 Å². The van der Waals surface area contributed by atoms with Crippen molar-refractivity contribution in [3.63, 3.8) is 0 Å². The van der Waals surface area contributed by atoms with Crippen molar-refractivity contribution in [1.82, 2.24) is 5.32 Å². The summed E-state index contributed by atoms with van der Waals surface area (Å²) in [4.78, 5) is 22.6. The van der Waals surface area contributed by atoms with Gasteiger partial charge >= 0.3 is 67.4 Å². The second kappa shape index (κ2) is 11.0. The summed E-state index contributed by atoms with van der Waals surface area (Å²) in [5, 5.41) is 34.8. The van der Waals surface area contributed by atoms with Crippen molar-refractivity contribution in [1.29, 1.82) is 0 Å². The Labute approximate surface area is 225 Å². The van der Waals surface area contributed by atoms with E-state index in [1.807, 2.05) is 0 Å². The van der Waals surface area contributed by atoms with Gasteiger partial charge in [0.25, 0.3) is 0 Å². The van der Waals surface area contributed by atoms with Crippen molar-refractivity contribution in [2.45, 2.75) is 44.5 Å². The average molecular weight is 498 g/mol. The SMILES string of the molecule is CC(=O)N[C@@H]1[C@@H](O)[C@@H](O)[C@@H](COS(=O)(=O)Oc2ccc3c(C)cc(=O)oc3c2)O[C@H]1[O-].[K+]. The predicted octanol–water partition coefficient (Wildman–Crippen LogP) is -4.94. The molecule has 14 heteroatoms. The maximum Gasteiger partial charge on any atom is 1.00 e. The van der Waals surface area contributed by atoms with Crippen LogP contribution in [0.5, 0.6) is 5.75 Å². The van der Waals surface area contributed by atoms with Crippen LogP contribution < -0.4 is 71.6 Å². The van der Waals surface area contributed by atoms with Gasteiger partial charge in [0.1, 0.15) is 29.6 Å². The maximum absolute atomic E-state index is 12.1. The molecule has 0 aliphatic carbocycles. The molecule has 0 radical (unpaired) electrons. The third-order valence-electron chi connectivity index (χ3n) is 4.57. The largest absolute Gasteiger partial charge is 1.00 e. The second-order valence-electron chi connectivity index (χ2n) is 6.93. The molecule has 2 aromatic rings. The van der Waals surface area contributed by atoms with E-state index in [1.54, 1.807) is 6.92 Å². The van der Waals surface area contributed by atoms with E-state index in [2.05, 4.69) is 9.50 Å². The van der Waals surface area contributed by atoms with Gasteiger partial charge in [-0.25, -0.2) is 8.98 Å². The van der Waals surface area contributed by atoms with Crippen LogP contribution in [-0.2, 0) is 24.1 Å². The van der Waals surface area contributed by atoms with E-state index in [4.69, 9.17) is 13.3 Å². The molecule has 1 aromatic heterocycles. The van der Waals surface area contributed by atoms with Gasteiger partial charge in [-0.15, -0.1) is 0 Å². The molecule has 0 unspecified atom stereocenters. The van der Waals surface area contributed by atoms with Crippen molar-refractivity contribution in [2.24, 2.45) is 0 Å². The molecule has 170 valence electrons. The first-order valence-corrected chi connectivity index (χ1v) is 10.4. The quantitative estimate of drug-likeness (QED) is 0.257. The number of hydrogen-bond donors (Lipinski definition) is 3. The van der Waals surface area contributed by atoms with Gasteiger partial charge in [-0.05, 0) is 24.6 Å². The van der Waals surface area contributed by atoms with E-state index in [9.17, 15) is 33.3 Å². The monoisotopic (exact) mass is 497 g/mol. The Kier molecular flexibility index (Phi) is 9.40. The second-order valence-corrected chi connectivity index (χ2v) is 8.15. The summed E-state index contributed by atoms with van der Waals surface area (Å²) in [6.45, 7) is 1.96. The normalized spacial score (nSPS) is 25.7. The van der Waals surface area contributed by atoms with Gasteiger partial charge in [-0.1, -0.05) is 0 Å². The summed E-state index contributed by atoms with van der Waals surface area (Å²) in [7, 11) is -4.68. The summed E-state index contributed by atoms with van der Waals surface area (Å²) in [6, 6.07) is 3.86. The number of hydrogen-bond acceptors (Lipinski definition) is 11. The Balaban J connectivity index is 0.00000363. The first-order valence-electron chi connectivity index (χ1n) is 9.05. The van der Waals surface area contributed by atoms with E-state index in [0.29, 0.717) is 10.9 Å². The van der Waals surface area contributed by atoms with Crippen LogP contribution in [-0.4, -0.2) is 61.8 Å². The Morgan fingerprint density at radius 3 is 2.59 bits per heavy atom. The number of carbonyl (C=O) groups is 1. The van der Waals surface area contributed by atoms with Crippen LogP contribution in [0, 0.1) is 6.92 Å². The van der Waals surface area contributed by atoms with Gasteiger partial charge < -0.3 is 34.0 Å². The van der Waals surface area contributed by atoms with Crippen LogP contribution in [0.1, 0.15) is 12.5 Å². The zero-order valence-electron chi connectivity index (χ0n) is 17.4. The Morgan fingerprint density at radius 1 is 1.25 bits per heavy atom. The summed E-state index contributed by atoms with van der Waals surface area (Å²) in [6.07, 6.45) is -6.89. The van der Waals surface area contributed by atoms with E-state index < -0.39 is 59.2 Å². The number of carbonyl (C=O) groups excluding carboxylic acids is 1. The minimum atomic E-state index is -4.68. The number of aliphatic hydroxyl groups is 2. The minimum absolute atomic E-state index is 0. The van der Waals surface area contributed by atoms with Crippen molar-refractivity contribution in [3.05, 3.63) is 40.2 Å². The van der Waals surface area contributed by atoms with Gasteiger partial charge in [-0.2, -0.15) is 8.42 Å². The minimum Gasteiger partial charge on any atom is -0.829 e. The molecule has 3 rings (SSSR count). The Morgan fingerprint density at radius 2 is 1.94 bits per heavy atom. The third-order valence-corrected chi connectivity index (χ3v) is 5.39. The summed E-state index contributed by atoms with van der Waals surface area (Å²) >= 11 is 0. The molecule has 1 aliphatic rings. The van der Waals surface area contributed by atoms with E-state index in [1.165, 1.54) is 24.3 Å². The number of aliphatic hydroxyl groups excluding tert-OH is 2. The molecule has 1 amide bonds. The van der Waals surface area contributed by atoms with E-state index >= 15 is 0 Å². The van der Waals surface area contributed by atoms with Crippen LogP contribution in [0.3, 0.4) is 0 Å². The van der Waals surface area contributed by atoms with Crippen LogP contribution in [0.15, 0.2) is 33.5 Å². The molecule has 5 atom stereocenters. The van der Waals surface area contributed by atoms with Crippen LogP contribution in [0.4, 0.5) is 0 Å². The molecule has 0 bridgehead atoms. The summed E-state index contributed by atoms with van der Waals surface area (Å²) in [5.41, 5.74) is 0.113. The molecule has 3 N–H and O–H groups in total. The summed E-state index contributed by atoms with van der Waals surface area (Å²) in [5.74, 6) is -0.827. The number of amides is 1. The molecule has 0 saturated carbocycles. The average Bonchev–Trinajstić information content (AvgIpc) is 2.66. The smallest absolute Gasteiger partial charge is 0.829 e. The van der Waals surface area contributed by atoms with Gasteiger partial charge in [0.15, 0.2) is 0 Å². The van der Waals surface area contributed by atoms with Crippen molar-refractivity contribution in [2.75, 3.05) is 6.61 Å². The van der Waals surface area contributed by atoms with E-state index in [-0.39, 0.29) is 62.7 Å². The van der Waals surface area contributed by atoms with Crippen molar-refractivity contribution < 1.29 is 97.4 Å². The molecule has 12 nitrogen and oxygen atoms in total. The molecule has 0 spiro atoms. The Hall–Kier alpha value is -0.914. The van der Waals surface area contributed by atoms with Crippen LogP contribution in [0.25, 0.3) is 11.0 Å². The molecule has 1 fully saturated rings. The number of fused-ring (bicyclic) bond motifs is 1. The number of benzene rings is 1. The number of rotatable bonds is 6. The fourth-order valence-electron chi connectivity index (χ4n) is 3.11. The van der Waals surface area contributed by atoms with Crippen LogP contribution >= 0.6 is 0 Å². The fraction of sp³-hybridized carbons (Fsp3) is 0.444. The molecular weight excluding hydrogens is 477 g/mol. The Bertz CT molecular complexity index is 1140. The zero-order valence-corrected chi connectivity index (χ0v) is 21.3. The number of ether oxygens (including phenoxy) is 1. The molecule has 2 heterocycles. The number of nitrogens with one attached hydrogen (secondary N) is 1. The van der Waals surface area contributed by atoms with Crippen LogP contribution in [0.2, 0.25) is 0 Å². The molecule has 1 aromatic carbocycles. The fourth-order valence-corrected chi connectivity index (χ4v) is 3.79. The third kappa shape index (κ3) is 6.57. The summed E-state index contributed by atoms with van der Waals surface area (Å²) < 4.78 is 43.6. The molecule has 1 saturated heterocycles. The predicted molar refractivity (Wildman–Crippen MR) is 101 cm³/mol. The van der Waals surface area contributed by atoms with Gasteiger partial charge in [0, 0.05) is 30.7 Å². The van der Waals surface area contributed by atoms with Crippen molar-refractivity contribution in [3.8, 4) is 5.75 Å². The van der Waals surface area contributed by atoms with Gasteiger partial charge in [-0.3, -0.25) is 4.79 Å². The van der Waals surface area contributed by atoms with Gasteiger partial charge in [0.05, 0.1) is 12.6 Å². The molecule has 1 aliphatic heterocycles.